The van der Waals surface area contributed by atoms with Crippen molar-refractivity contribution in [1.82, 2.24) is 14.3 Å². The average Bonchev–Trinajstić information content (AvgIpc) is 2.91. The third-order valence-corrected chi connectivity index (χ3v) is 5.48. The maximum atomic E-state index is 12.6. The molecule has 3 rings (SSSR count). The molecule has 0 spiro atoms. The van der Waals surface area contributed by atoms with Gasteiger partial charge in [0, 0.05) is 31.4 Å². The van der Waals surface area contributed by atoms with E-state index in [1.807, 2.05) is 19.1 Å². The minimum absolute atomic E-state index is 0.294. The van der Waals surface area contributed by atoms with Gasteiger partial charge in [0.1, 0.15) is 5.65 Å². The van der Waals surface area contributed by atoms with Gasteiger partial charge in [0.05, 0.1) is 4.90 Å². The Labute approximate surface area is 129 Å². The molecule has 0 bridgehead atoms. The van der Waals surface area contributed by atoms with E-state index in [2.05, 4.69) is 9.97 Å². The number of nitrogens with one attached hydrogen (secondary N) is 1. The van der Waals surface area contributed by atoms with Crippen LogP contribution in [-0.4, -0.2) is 29.7 Å². The molecule has 1 N–H and O–H groups in total. The highest BCUT2D eigenvalue weighted by Crippen LogP contribution is 2.21. The van der Waals surface area contributed by atoms with Crippen LogP contribution in [0.3, 0.4) is 0 Å². The molecule has 0 fully saturated rings. The molecule has 22 heavy (non-hydrogen) atoms. The molecule has 0 amide bonds. The normalized spacial score (nSPS) is 12.1. The third-order valence-electron chi connectivity index (χ3n) is 3.66. The predicted octanol–water partition coefficient (Wildman–Crippen LogP) is 2.69. The molecule has 1 aromatic carbocycles. The standard InChI is InChI=1S/C16H17N3O2S/c1-12-5-7-14(8-6-12)22(20,21)19(2)11-13-10-18-16-15(13)4-3-9-17-16/h3-10H,11H2,1-2H3,(H,17,18). The number of pyridine rings is 1. The Morgan fingerprint density at radius 1 is 1.18 bits per heavy atom. The van der Waals surface area contributed by atoms with E-state index < -0.39 is 10.0 Å². The Kier molecular flexibility index (Phi) is 3.72. The first kappa shape index (κ1) is 14.7. The second kappa shape index (κ2) is 5.55. The Morgan fingerprint density at radius 2 is 1.91 bits per heavy atom. The Bertz CT molecular complexity index is 899. The lowest BCUT2D eigenvalue weighted by Crippen LogP contribution is -2.26. The van der Waals surface area contributed by atoms with Crippen molar-refractivity contribution in [3.63, 3.8) is 0 Å². The van der Waals surface area contributed by atoms with Crippen LogP contribution >= 0.6 is 0 Å². The van der Waals surface area contributed by atoms with E-state index in [1.165, 1.54) is 4.31 Å². The molecule has 0 aliphatic rings. The van der Waals surface area contributed by atoms with Gasteiger partial charge in [-0.3, -0.25) is 0 Å². The lowest BCUT2D eigenvalue weighted by Gasteiger charge is -2.17. The lowest BCUT2D eigenvalue weighted by molar-refractivity contribution is 0.468. The van der Waals surface area contributed by atoms with Gasteiger partial charge in [-0.15, -0.1) is 0 Å². The number of aromatic amines is 1. The molecule has 6 heteroatoms. The van der Waals surface area contributed by atoms with Crippen molar-refractivity contribution < 1.29 is 8.42 Å². The van der Waals surface area contributed by atoms with Crippen LogP contribution in [0.1, 0.15) is 11.1 Å². The Morgan fingerprint density at radius 3 is 2.64 bits per heavy atom. The first-order valence-electron chi connectivity index (χ1n) is 6.92. The minimum atomic E-state index is -3.50. The summed E-state index contributed by atoms with van der Waals surface area (Å²) in [7, 11) is -1.91. The van der Waals surface area contributed by atoms with E-state index in [0.717, 1.165) is 22.2 Å². The number of aromatic nitrogens is 2. The number of hydrogen-bond donors (Lipinski definition) is 1. The molecule has 0 saturated carbocycles. The molecule has 0 saturated heterocycles. The monoisotopic (exact) mass is 315 g/mol. The summed E-state index contributed by atoms with van der Waals surface area (Å²) in [5.74, 6) is 0. The van der Waals surface area contributed by atoms with E-state index in [1.54, 1.807) is 43.7 Å². The van der Waals surface area contributed by atoms with Gasteiger partial charge in [-0.25, -0.2) is 13.4 Å². The second-order valence-corrected chi connectivity index (χ2v) is 7.33. The van der Waals surface area contributed by atoms with Crippen molar-refractivity contribution >= 4 is 21.1 Å². The van der Waals surface area contributed by atoms with Crippen LogP contribution in [0.2, 0.25) is 0 Å². The largest absolute Gasteiger partial charge is 0.346 e. The average molecular weight is 315 g/mol. The molecule has 0 aliphatic heterocycles. The molecular formula is C16H17N3O2S. The number of benzene rings is 1. The fourth-order valence-corrected chi connectivity index (χ4v) is 3.51. The summed E-state index contributed by atoms with van der Waals surface area (Å²) in [4.78, 5) is 7.58. The Balaban J connectivity index is 1.90. The van der Waals surface area contributed by atoms with Gasteiger partial charge in [0.15, 0.2) is 0 Å². The highest BCUT2D eigenvalue weighted by atomic mass is 32.2. The zero-order valence-corrected chi connectivity index (χ0v) is 13.3. The number of fused-ring (bicyclic) bond motifs is 1. The van der Waals surface area contributed by atoms with Crippen molar-refractivity contribution in [2.45, 2.75) is 18.4 Å². The zero-order chi connectivity index (χ0) is 15.7. The van der Waals surface area contributed by atoms with Crippen LogP contribution in [0.25, 0.3) is 11.0 Å². The Hall–Kier alpha value is -2.18. The number of aryl methyl sites for hydroxylation is 1. The number of rotatable bonds is 4. The van der Waals surface area contributed by atoms with Gasteiger partial charge in [-0.1, -0.05) is 17.7 Å². The fourth-order valence-electron chi connectivity index (χ4n) is 2.36. The van der Waals surface area contributed by atoms with Gasteiger partial charge >= 0.3 is 0 Å². The minimum Gasteiger partial charge on any atom is -0.346 e. The van der Waals surface area contributed by atoms with Crippen LogP contribution in [-0.2, 0) is 16.6 Å². The molecule has 0 atom stereocenters. The molecule has 0 aliphatic carbocycles. The molecule has 3 aromatic rings. The smallest absolute Gasteiger partial charge is 0.243 e. The van der Waals surface area contributed by atoms with Crippen molar-refractivity contribution in [1.29, 1.82) is 0 Å². The summed E-state index contributed by atoms with van der Waals surface area (Å²) in [5, 5.41) is 0.938. The molecular weight excluding hydrogens is 298 g/mol. The van der Waals surface area contributed by atoms with Crippen LogP contribution in [0.4, 0.5) is 0 Å². The summed E-state index contributed by atoms with van der Waals surface area (Å²) < 4.78 is 26.6. The number of sulfonamides is 1. The second-order valence-electron chi connectivity index (χ2n) is 5.29. The van der Waals surface area contributed by atoms with Gasteiger partial charge in [-0.05, 0) is 36.8 Å². The number of H-pyrrole nitrogens is 1. The zero-order valence-electron chi connectivity index (χ0n) is 12.4. The highest BCUT2D eigenvalue weighted by molar-refractivity contribution is 7.89. The summed E-state index contributed by atoms with van der Waals surface area (Å²) in [5.41, 5.74) is 2.70. The van der Waals surface area contributed by atoms with E-state index in [9.17, 15) is 8.42 Å². The van der Waals surface area contributed by atoms with Crippen LogP contribution in [0, 0.1) is 6.92 Å². The van der Waals surface area contributed by atoms with Crippen LogP contribution < -0.4 is 0 Å². The summed E-state index contributed by atoms with van der Waals surface area (Å²) >= 11 is 0. The maximum absolute atomic E-state index is 12.6. The number of nitrogens with zero attached hydrogens (tertiary/aromatic N) is 2. The van der Waals surface area contributed by atoms with Gasteiger partial charge < -0.3 is 4.98 Å². The first-order valence-corrected chi connectivity index (χ1v) is 8.36. The van der Waals surface area contributed by atoms with Crippen molar-refractivity contribution in [2.24, 2.45) is 0 Å². The van der Waals surface area contributed by atoms with Gasteiger partial charge in [0.2, 0.25) is 10.0 Å². The van der Waals surface area contributed by atoms with Crippen molar-refractivity contribution in [3.05, 3.63) is 59.9 Å². The quantitative estimate of drug-likeness (QED) is 0.805. The SMILES string of the molecule is Cc1ccc(S(=O)(=O)N(C)Cc2c[nH]c3ncccc23)cc1. The van der Waals surface area contributed by atoms with Gasteiger partial charge in [-0.2, -0.15) is 4.31 Å². The van der Waals surface area contributed by atoms with Crippen molar-refractivity contribution in [3.8, 4) is 0 Å². The van der Waals surface area contributed by atoms with Crippen molar-refractivity contribution in [2.75, 3.05) is 7.05 Å². The van der Waals surface area contributed by atoms with Gasteiger partial charge in [0.25, 0.3) is 0 Å². The molecule has 0 unspecified atom stereocenters. The molecule has 2 aromatic heterocycles. The highest BCUT2D eigenvalue weighted by Gasteiger charge is 2.21. The third kappa shape index (κ3) is 2.63. The summed E-state index contributed by atoms with van der Waals surface area (Å²) in [6.45, 7) is 2.22. The molecule has 2 heterocycles. The van der Waals surface area contributed by atoms with E-state index in [-0.39, 0.29) is 0 Å². The van der Waals surface area contributed by atoms with Crippen LogP contribution in [0.5, 0.6) is 0 Å². The topological polar surface area (TPSA) is 66.1 Å². The molecule has 5 nitrogen and oxygen atoms in total. The van der Waals surface area contributed by atoms with E-state index in [0.29, 0.717) is 11.4 Å². The van der Waals surface area contributed by atoms with Crippen LogP contribution in [0.15, 0.2) is 53.7 Å². The summed E-state index contributed by atoms with van der Waals surface area (Å²) in [6, 6.07) is 10.7. The van der Waals surface area contributed by atoms with E-state index in [4.69, 9.17) is 0 Å². The maximum Gasteiger partial charge on any atom is 0.243 e. The molecule has 114 valence electrons. The first-order chi connectivity index (χ1) is 10.5. The predicted molar refractivity (Wildman–Crippen MR) is 85.9 cm³/mol. The lowest BCUT2D eigenvalue weighted by atomic mass is 10.2. The summed E-state index contributed by atoms with van der Waals surface area (Å²) in [6.07, 6.45) is 3.51. The number of hydrogen-bond acceptors (Lipinski definition) is 3. The fraction of sp³-hybridized carbons (Fsp3) is 0.188. The molecule has 0 radical (unpaired) electrons. The van der Waals surface area contributed by atoms with E-state index >= 15 is 0 Å².